The van der Waals surface area contributed by atoms with Crippen LogP contribution >= 0.6 is 11.3 Å². The molecule has 2 N–H and O–H groups in total. The van der Waals surface area contributed by atoms with Gasteiger partial charge in [0.25, 0.3) is 0 Å². The van der Waals surface area contributed by atoms with E-state index in [-0.39, 0.29) is 11.4 Å². The molecule has 1 aromatic heterocycles. The van der Waals surface area contributed by atoms with Crippen molar-refractivity contribution in [3.05, 3.63) is 46.2 Å². The number of nitrogens with one attached hydrogen (secondary N) is 1. The van der Waals surface area contributed by atoms with E-state index in [4.69, 9.17) is 4.74 Å². The number of hydrogen-bond acceptors (Lipinski definition) is 5. The van der Waals surface area contributed by atoms with E-state index >= 15 is 0 Å². The summed E-state index contributed by atoms with van der Waals surface area (Å²) in [5.41, 5.74) is 0.764. The van der Waals surface area contributed by atoms with Gasteiger partial charge in [0.05, 0.1) is 11.5 Å². The first-order valence-corrected chi connectivity index (χ1v) is 9.75. The second kappa shape index (κ2) is 7.92. The normalized spacial score (nSPS) is 13.0. The summed E-state index contributed by atoms with van der Waals surface area (Å²) in [5.74, 6) is 0.685. The van der Waals surface area contributed by atoms with Gasteiger partial charge in [-0.1, -0.05) is 13.0 Å². The molecule has 1 atom stereocenters. The van der Waals surface area contributed by atoms with Crippen LogP contribution < -0.4 is 9.46 Å². The summed E-state index contributed by atoms with van der Waals surface area (Å²) in [5, 5.41) is 11.8. The minimum Gasteiger partial charge on any atom is -0.493 e. The van der Waals surface area contributed by atoms with Crippen LogP contribution in [0.5, 0.6) is 5.75 Å². The Morgan fingerprint density at radius 3 is 2.74 bits per heavy atom. The molecule has 0 aliphatic rings. The number of rotatable bonds is 8. The van der Waals surface area contributed by atoms with Crippen molar-refractivity contribution < 1.29 is 18.3 Å². The van der Waals surface area contributed by atoms with Crippen LogP contribution in [0.15, 0.2) is 40.6 Å². The molecule has 0 spiro atoms. The molecule has 1 unspecified atom stereocenters. The lowest BCUT2D eigenvalue weighted by Crippen LogP contribution is -2.28. The summed E-state index contributed by atoms with van der Waals surface area (Å²) >= 11 is 1.39. The van der Waals surface area contributed by atoms with Crippen molar-refractivity contribution >= 4 is 21.4 Å². The molecular formula is C16H21NO4S2. The Balaban J connectivity index is 2.05. The lowest BCUT2D eigenvalue weighted by Gasteiger charge is -2.13. The number of aryl methyl sites for hydroxylation is 1. The van der Waals surface area contributed by atoms with Crippen molar-refractivity contribution in [2.45, 2.75) is 31.3 Å². The van der Waals surface area contributed by atoms with E-state index < -0.39 is 16.1 Å². The average Bonchev–Trinajstić information content (AvgIpc) is 3.06. The molecule has 0 bridgehead atoms. The van der Waals surface area contributed by atoms with Gasteiger partial charge in [0.15, 0.2) is 0 Å². The SMILES string of the molecule is CCCOc1ccc(S(=O)(=O)NCC(O)c2cccs2)cc1C. The molecule has 5 nitrogen and oxygen atoms in total. The molecule has 7 heteroatoms. The zero-order chi connectivity index (χ0) is 16.9. The van der Waals surface area contributed by atoms with Crippen molar-refractivity contribution in [3.63, 3.8) is 0 Å². The van der Waals surface area contributed by atoms with Crippen LogP contribution in [-0.4, -0.2) is 26.7 Å². The maximum absolute atomic E-state index is 12.3. The van der Waals surface area contributed by atoms with Gasteiger partial charge in [0.2, 0.25) is 10.0 Å². The standard InChI is InChI=1S/C16H21NO4S2/c1-3-8-21-15-7-6-13(10-12(15)2)23(19,20)17-11-14(18)16-5-4-9-22-16/h4-7,9-10,14,17-18H,3,8,11H2,1-2H3. The summed E-state index contributed by atoms with van der Waals surface area (Å²) in [6.07, 6.45) is 0.0415. The zero-order valence-electron chi connectivity index (χ0n) is 13.2. The molecule has 126 valence electrons. The molecule has 1 aromatic carbocycles. The number of sulfonamides is 1. The van der Waals surface area contributed by atoms with Crippen molar-refractivity contribution in [3.8, 4) is 5.75 Å². The third-order valence-corrected chi connectivity index (χ3v) is 5.65. The zero-order valence-corrected chi connectivity index (χ0v) is 14.8. The van der Waals surface area contributed by atoms with Crippen molar-refractivity contribution in [1.82, 2.24) is 4.72 Å². The Kier molecular flexibility index (Phi) is 6.17. The predicted octanol–water partition coefficient (Wildman–Crippen LogP) is 2.86. The summed E-state index contributed by atoms with van der Waals surface area (Å²) in [6.45, 7) is 4.36. The van der Waals surface area contributed by atoms with E-state index in [1.165, 1.54) is 17.4 Å². The first kappa shape index (κ1) is 17.9. The smallest absolute Gasteiger partial charge is 0.240 e. The Morgan fingerprint density at radius 1 is 1.35 bits per heavy atom. The summed E-state index contributed by atoms with van der Waals surface area (Å²) < 4.78 is 32.6. The number of aliphatic hydroxyl groups excluding tert-OH is 1. The fourth-order valence-corrected chi connectivity index (χ4v) is 3.85. The molecule has 1 heterocycles. The van der Waals surface area contributed by atoms with Crippen LogP contribution in [0, 0.1) is 6.92 Å². The Bertz CT molecular complexity index is 727. The molecule has 2 aromatic rings. The average molecular weight is 355 g/mol. The monoisotopic (exact) mass is 355 g/mol. The van der Waals surface area contributed by atoms with Gasteiger partial charge in [-0.05, 0) is 48.6 Å². The molecule has 0 radical (unpaired) electrons. The Morgan fingerprint density at radius 2 is 2.13 bits per heavy atom. The molecule has 0 saturated heterocycles. The summed E-state index contributed by atoms with van der Waals surface area (Å²) in [6, 6.07) is 8.34. The van der Waals surface area contributed by atoms with Crippen LogP contribution in [0.2, 0.25) is 0 Å². The lowest BCUT2D eigenvalue weighted by molar-refractivity contribution is 0.186. The second-order valence-electron chi connectivity index (χ2n) is 5.16. The molecule has 0 aliphatic heterocycles. The van der Waals surface area contributed by atoms with E-state index in [1.54, 1.807) is 18.2 Å². The fourth-order valence-electron chi connectivity index (χ4n) is 2.02. The van der Waals surface area contributed by atoms with Crippen molar-refractivity contribution in [1.29, 1.82) is 0 Å². The summed E-state index contributed by atoms with van der Waals surface area (Å²) in [4.78, 5) is 0.893. The van der Waals surface area contributed by atoms with Gasteiger partial charge in [-0.3, -0.25) is 0 Å². The highest BCUT2D eigenvalue weighted by Gasteiger charge is 2.18. The van der Waals surface area contributed by atoms with Crippen LogP contribution in [-0.2, 0) is 10.0 Å². The van der Waals surface area contributed by atoms with E-state index in [0.717, 1.165) is 16.9 Å². The van der Waals surface area contributed by atoms with E-state index in [9.17, 15) is 13.5 Å². The minimum absolute atomic E-state index is 0.0595. The van der Waals surface area contributed by atoms with E-state index in [1.807, 2.05) is 25.3 Å². The molecule has 0 amide bonds. The predicted molar refractivity (Wildman–Crippen MR) is 91.4 cm³/mol. The quantitative estimate of drug-likeness (QED) is 0.763. The molecule has 0 fully saturated rings. The van der Waals surface area contributed by atoms with Gasteiger partial charge in [0, 0.05) is 11.4 Å². The lowest BCUT2D eigenvalue weighted by atomic mass is 10.2. The molecule has 0 saturated carbocycles. The Hall–Kier alpha value is -1.41. The van der Waals surface area contributed by atoms with Crippen LogP contribution in [0.4, 0.5) is 0 Å². The Labute approximate surface area is 141 Å². The molecule has 0 aliphatic carbocycles. The third kappa shape index (κ3) is 4.78. The molecule has 23 heavy (non-hydrogen) atoms. The van der Waals surface area contributed by atoms with Crippen molar-refractivity contribution in [2.75, 3.05) is 13.2 Å². The van der Waals surface area contributed by atoms with Gasteiger partial charge >= 0.3 is 0 Å². The number of aliphatic hydroxyl groups is 1. The first-order valence-electron chi connectivity index (χ1n) is 7.38. The fraction of sp³-hybridized carbons (Fsp3) is 0.375. The number of ether oxygens (including phenoxy) is 1. The van der Waals surface area contributed by atoms with Gasteiger partial charge in [0.1, 0.15) is 11.9 Å². The maximum Gasteiger partial charge on any atom is 0.240 e. The van der Waals surface area contributed by atoms with Gasteiger partial charge in [-0.25, -0.2) is 13.1 Å². The van der Waals surface area contributed by atoms with E-state index in [2.05, 4.69) is 4.72 Å². The topological polar surface area (TPSA) is 75.6 Å². The highest BCUT2D eigenvalue weighted by atomic mass is 32.2. The van der Waals surface area contributed by atoms with E-state index in [0.29, 0.717) is 12.4 Å². The van der Waals surface area contributed by atoms with Gasteiger partial charge < -0.3 is 9.84 Å². The van der Waals surface area contributed by atoms with Crippen LogP contribution in [0.25, 0.3) is 0 Å². The number of benzene rings is 1. The molecule has 2 rings (SSSR count). The number of hydrogen-bond donors (Lipinski definition) is 2. The minimum atomic E-state index is -3.67. The highest BCUT2D eigenvalue weighted by molar-refractivity contribution is 7.89. The van der Waals surface area contributed by atoms with Crippen LogP contribution in [0.1, 0.15) is 29.9 Å². The number of thiophene rings is 1. The maximum atomic E-state index is 12.3. The molecular weight excluding hydrogens is 334 g/mol. The van der Waals surface area contributed by atoms with Crippen molar-refractivity contribution in [2.24, 2.45) is 0 Å². The van der Waals surface area contributed by atoms with Crippen LogP contribution in [0.3, 0.4) is 0 Å². The summed E-state index contributed by atoms with van der Waals surface area (Å²) in [7, 11) is -3.67. The van der Waals surface area contributed by atoms with Gasteiger partial charge in [-0.2, -0.15) is 0 Å². The largest absolute Gasteiger partial charge is 0.493 e. The first-order chi connectivity index (χ1) is 10.9. The van der Waals surface area contributed by atoms with Gasteiger partial charge in [-0.15, -0.1) is 11.3 Å². The second-order valence-corrected chi connectivity index (χ2v) is 7.91. The highest BCUT2D eigenvalue weighted by Crippen LogP contribution is 2.23. The third-order valence-electron chi connectivity index (χ3n) is 3.26.